The van der Waals surface area contributed by atoms with E-state index in [1.807, 2.05) is 12.1 Å². The van der Waals surface area contributed by atoms with Crippen LogP contribution in [0.25, 0.3) is 6.08 Å². The van der Waals surface area contributed by atoms with E-state index in [2.05, 4.69) is 5.32 Å². The smallest absolute Gasteiger partial charge is 0.262 e. The van der Waals surface area contributed by atoms with Gasteiger partial charge < -0.3 is 5.32 Å². The van der Waals surface area contributed by atoms with Crippen LogP contribution in [0.2, 0.25) is 5.02 Å². The van der Waals surface area contributed by atoms with Crippen molar-refractivity contribution in [3.05, 3.63) is 40.4 Å². The van der Waals surface area contributed by atoms with Gasteiger partial charge in [0.1, 0.15) is 11.6 Å². The van der Waals surface area contributed by atoms with Gasteiger partial charge in [0.2, 0.25) is 0 Å². The Bertz CT molecular complexity index is 554. The van der Waals surface area contributed by atoms with Crippen molar-refractivity contribution in [3.63, 3.8) is 0 Å². The Morgan fingerprint density at radius 2 is 2.10 bits per heavy atom. The number of hydrogen-bond donors (Lipinski definition) is 1. The third-order valence-corrected chi connectivity index (χ3v) is 3.70. The lowest BCUT2D eigenvalue weighted by Crippen LogP contribution is -2.36. The van der Waals surface area contributed by atoms with E-state index in [1.165, 1.54) is 6.42 Å². The fraction of sp³-hybridized carbons (Fsp3) is 0.375. The van der Waals surface area contributed by atoms with E-state index in [0.29, 0.717) is 5.02 Å². The predicted octanol–water partition coefficient (Wildman–Crippen LogP) is 3.70. The largest absolute Gasteiger partial charge is 0.349 e. The van der Waals surface area contributed by atoms with E-state index in [0.717, 1.165) is 31.2 Å². The van der Waals surface area contributed by atoms with E-state index < -0.39 is 0 Å². The second-order valence-electron chi connectivity index (χ2n) is 5.03. The van der Waals surface area contributed by atoms with Crippen LogP contribution in [-0.4, -0.2) is 11.9 Å². The molecule has 1 N–H and O–H groups in total. The third-order valence-electron chi connectivity index (χ3n) is 3.47. The summed E-state index contributed by atoms with van der Waals surface area (Å²) in [7, 11) is 0. The molecule has 1 saturated carbocycles. The molecule has 1 fully saturated rings. The first-order valence-corrected chi connectivity index (χ1v) is 7.25. The monoisotopic (exact) mass is 288 g/mol. The van der Waals surface area contributed by atoms with E-state index in [-0.39, 0.29) is 17.5 Å². The quantitative estimate of drug-likeness (QED) is 0.681. The fourth-order valence-electron chi connectivity index (χ4n) is 2.42. The first-order valence-electron chi connectivity index (χ1n) is 6.87. The number of rotatable bonds is 3. The van der Waals surface area contributed by atoms with Crippen LogP contribution in [0.4, 0.5) is 0 Å². The van der Waals surface area contributed by atoms with Gasteiger partial charge in [0, 0.05) is 11.1 Å². The highest BCUT2D eigenvalue weighted by atomic mass is 35.5. The SMILES string of the molecule is N#CC(=Cc1cccc(Cl)c1)C(=O)NC1CCCCC1. The van der Waals surface area contributed by atoms with E-state index in [4.69, 9.17) is 16.9 Å². The zero-order valence-corrected chi connectivity index (χ0v) is 12.0. The predicted molar refractivity (Wildman–Crippen MR) is 80.1 cm³/mol. The van der Waals surface area contributed by atoms with E-state index in [1.54, 1.807) is 24.3 Å². The zero-order chi connectivity index (χ0) is 14.4. The van der Waals surface area contributed by atoms with Gasteiger partial charge in [0.25, 0.3) is 5.91 Å². The van der Waals surface area contributed by atoms with E-state index >= 15 is 0 Å². The van der Waals surface area contributed by atoms with Crippen molar-refractivity contribution in [2.45, 2.75) is 38.1 Å². The normalized spacial score (nSPS) is 16.5. The molecule has 0 aliphatic heterocycles. The highest BCUT2D eigenvalue weighted by molar-refractivity contribution is 6.30. The van der Waals surface area contributed by atoms with Crippen LogP contribution >= 0.6 is 11.6 Å². The topological polar surface area (TPSA) is 52.9 Å². The van der Waals surface area contributed by atoms with Crippen molar-refractivity contribution in [1.29, 1.82) is 5.26 Å². The van der Waals surface area contributed by atoms with Crippen molar-refractivity contribution >= 4 is 23.6 Å². The van der Waals surface area contributed by atoms with Crippen LogP contribution in [0, 0.1) is 11.3 Å². The van der Waals surface area contributed by atoms with Gasteiger partial charge in [0.15, 0.2) is 0 Å². The summed E-state index contributed by atoms with van der Waals surface area (Å²) < 4.78 is 0. The van der Waals surface area contributed by atoms with Crippen LogP contribution < -0.4 is 5.32 Å². The van der Waals surface area contributed by atoms with Gasteiger partial charge in [-0.3, -0.25) is 4.79 Å². The Morgan fingerprint density at radius 3 is 2.75 bits per heavy atom. The summed E-state index contributed by atoms with van der Waals surface area (Å²) in [6.07, 6.45) is 7.10. The Balaban J connectivity index is 2.07. The van der Waals surface area contributed by atoms with Crippen molar-refractivity contribution in [2.75, 3.05) is 0 Å². The van der Waals surface area contributed by atoms with Crippen molar-refractivity contribution in [2.24, 2.45) is 0 Å². The number of nitriles is 1. The number of carbonyl (C=O) groups excluding carboxylic acids is 1. The molecule has 104 valence electrons. The highest BCUT2D eigenvalue weighted by Gasteiger charge is 2.17. The molecule has 0 bridgehead atoms. The van der Waals surface area contributed by atoms with Gasteiger partial charge >= 0.3 is 0 Å². The molecule has 1 aliphatic rings. The minimum Gasteiger partial charge on any atom is -0.349 e. The molecule has 0 unspecified atom stereocenters. The molecule has 1 aromatic carbocycles. The summed E-state index contributed by atoms with van der Waals surface area (Å²) >= 11 is 5.89. The highest BCUT2D eigenvalue weighted by Crippen LogP contribution is 2.18. The summed E-state index contributed by atoms with van der Waals surface area (Å²) in [5.74, 6) is -0.292. The molecule has 0 spiro atoms. The van der Waals surface area contributed by atoms with Crippen LogP contribution in [0.5, 0.6) is 0 Å². The van der Waals surface area contributed by atoms with Crippen LogP contribution in [0.15, 0.2) is 29.8 Å². The second-order valence-corrected chi connectivity index (χ2v) is 5.47. The Kier molecular flexibility index (Phi) is 5.20. The summed E-state index contributed by atoms with van der Waals surface area (Å²) in [4.78, 5) is 12.1. The summed E-state index contributed by atoms with van der Waals surface area (Å²) in [5, 5.41) is 12.7. The van der Waals surface area contributed by atoms with Crippen LogP contribution in [-0.2, 0) is 4.79 Å². The molecule has 4 heteroatoms. The maximum atomic E-state index is 12.1. The van der Waals surface area contributed by atoms with Gasteiger partial charge in [-0.25, -0.2) is 0 Å². The first-order chi connectivity index (χ1) is 9.69. The van der Waals surface area contributed by atoms with Crippen molar-refractivity contribution in [1.82, 2.24) is 5.32 Å². The third kappa shape index (κ3) is 4.11. The van der Waals surface area contributed by atoms with E-state index in [9.17, 15) is 4.79 Å². The van der Waals surface area contributed by atoms with Gasteiger partial charge in [-0.15, -0.1) is 0 Å². The lowest BCUT2D eigenvalue weighted by molar-refractivity contribution is -0.117. The molecule has 20 heavy (non-hydrogen) atoms. The average molecular weight is 289 g/mol. The number of halogens is 1. The molecule has 1 amide bonds. The number of amides is 1. The van der Waals surface area contributed by atoms with Gasteiger partial charge in [0.05, 0.1) is 0 Å². The minimum atomic E-state index is -0.292. The molecule has 0 aromatic heterocycles. The molecule has 3 nitrogen and oxygen atoms in total. The summed E-state index contributed by atoms with van der Waals surface area (Å²) in [6, 6.07) is 9.26. The molecule has 0 atom stereocenters. The Labute approximate surface area is 124 Å². The average Bonchev–Trinajstić information content (AvgIpc) is 2.46. The summed E-state index contributed by atoms with van der Waals surface area (Å²) in [5.41, 5.74) is 0.880. The second kappa shape index (κ2) is 7.12. The molecule has 0 radical (unpaired) electrons. The lowest BCUT2D eigenvalue weighted by Gasteiger charge is -2.22. The Hall–Kier alpha value is -1.79. The molecule has 1 aromatic rings. The maximum absolute atomic E-state index is 12.1. The standard InChI is InChI=1S/C16H17ClN2O/c17-14-6-4-5-12(10-14)9-13(11-18)16(20)19-15-7-2-1-3-8-15/h4-6,9-10,15H,1-3,7-8H2,(H,19,20). The first kappa shape index (κ1) is 14.6. The van der Waals surface area contributed by atoms with Gasteiger partial charge in [-0.05, 0) is 36.6 Å². The Morgan fingerprint density at radius 1 is 1.35 bits per heavy atom. The van der Waals surface area contributed by atoms with Crippen molar-refractivity contribution in [3.8, 4) is 6.07 Å². The molecular weight excluding hydrogens is 272 g/mol. The number of benzene rings is 1. The van der Waals surface area contributed by atoms with Gasteiger partial charge in [-0.2, -0.15) is 5.26 Å². The summed E-state index contributed by atoms with van der Waals surface area (Å²) in [6.45, 7) is 0. The number of hydrogen-bond acceptors (Lipinski definition) is 2. The fourth-order valence-corrected chi connectivity index (χ4v) is 2.62. The van der Waals surface area contributed by atoms with Crippen LogP contribution in [0.1, 0.15) is 37.7 Å². The molecule has 0 saturated heterocycles. The lowest BCUT2D eigenvalue weighted by atomic mass is 9.95. The maximum Gasteiger partial charge on any atom is 0.262 e. The molecular formula is C16H17ClN2O. The van der Waals surface area contributed by atoms with Crippen LogP contribution in [0.3, 0.4) is 0 Å². The minimum absolute atomic E-state index is 0.123. The number of nitrogens with one attached hydrogen (secondary N) is 1. The number of nitrogens with zero attached hydrogens (tertiary/aromatic N) is 1. The molecule has 1 aliphatic carbocycles. The van der Waals surface area contributed by atoms with Gasteiger partial charge in [-0.1, -0.05) is 43.0 Å². The zero-order valence-electron chi connectivity index (χ0n) is 11.2. The molecule has 0 heterocycles. The number of carbonyl (C=O) groups is 1. The molecule has 2 rings (SSSR count). The van der Waals surface area contributed by atoms with Crippen molar-refractivity contribution < 1.29 is 4.79 Å².